The van der Waals surface area contributed by atoms with E-state index in [1.807, 2.05) is 25.1 Å². The molecule has 1 aromatic carbocycles. The number of aliphatic hydroxyl groups excluding tert-OH is 1. The van der Waals surface area contributed by atoms with Gasteiger partial charge in [0, 0.05) is 29.8 Å². The maximum atomic E-state index is 12.5. The minimum absolute atomic E-state index is 0.00281. The summed E-state index contributed by atoms with van der Waals surface area (Å²) in [7, 11) is 0. The van der Waals surface area contributed by atoms with Crippen LogP contribution in [0.1, 0.15) is 69.8 Å². The van der Waals surface area contributed by atoms with E-state index in [2.05, 4.69) is 16.0 Å². The number of carbonyl (C=O) groups is 2. The van der Waals surface area contributed by atoms with E-state index in [0.29, 0.717) is 18.7 Å². The molecule has 4 rings (SSSR count). The number of anilines is 1. The lowest BCUT2D eigenvalue weighted by molar-refractivity contribution is -0.142. The second-order valence-electron chi connectivity index (χ2n) is 9.14. The van der Waals surface area contributed by atoms with Crippen molar-refractivity contribution in [3.8, 4) is 5.75 Å². The van der Waals surface area contributed by atoms with E-state index >= 15 is 0 Å². The van der Waals surface area contributed by atoms with Crippen LogP contribution in [0.5, 0.6) is 5.75 Å². The minimum atomic E-state index is -0.490. The summed E-state index contributed by atoms with van der Waals surface area (Å²) in [5.74, 6) is 0.709. The van der Waals surface area contributed by atoms with E-state index in [-0.39, 0.29) is 49.1 Å². The Morgan fingerprint density at radius 3 is 2.75 bits per heavy atom. The molecule has 1 saturated carbocycles. The maximum Gasteiger partial charge on any atom is 0.319 e. The molecular weight excluding hydrogens is 410 g/mol. The standard InChI is InChI=1S/C24H35N3O5/c1-2-10-25-22(29)13-17-12-19-18-11-16(27-24(30)26-15-6-4-3-5-7-15)8-9-20(18)32-23(19)21(14-28)31-17/h8-9,11,15,17,19,21,23,28H,2-7,10,12-14H2,1H3,(H,25,29)(H2,26,27,30)/t17-,19+,21+,23-/m0/s1. The number of benzene rings is 1. The molecule has 0 unspecified atom stereocenters. The number of hydrogen-bond acceptors (Lipinski definition) is 5. The summed E-state index contributed by atoms with van der Waals surface area (Å²) in [6.45, 7) is 2.49. The van der Waals surface area contributed by atoms with Crippen molar-refractivity contribution in [2.24, 2.45) is 0 Å². The fourth-order valence-corrected chi connectivity index (χ4v) is 5.11. The summed E-state index contributed by atoms with van der Waals surface area (Å²) in [4.78, 5) is 24.7. The largest absolute Gasteiger partial charge is 0.487 e. The summed E-state index contributed by atoms with van der Waals surface area (Å²) in [5.41, 5.74) is 1.71. The highest BCUT2D eigenvalue weighted by Gasteiger charge is 2.46. The highest BCUT2D eigenvalue weighted by molar-refractivity contribution is 5.89. The van der Waals surface area contributed by atoms with Crippen molar-refractivity contribution >= 4 is 17.6 Å². The van der Waals surface area contributed by atoms with Crippen molar-refractivity contribution in [3.63, 3.8) is 0 Å². The Morgan fingerprint density at radius 2 is 2.00 bits per heavy atom. The lowest BCUT2D eigenvalue weighted by Gasteiger charge is -2.37. The molecule has 176 valence electrons. The quantitative estimate of drug-likeness (QED) is 0.516. The van der Waals surface area contributed by atoms with E-state index in [1.165, 1.54) is 6.42 Å². The molecule has 32 heavy (non-hydrogen) atoms. The van der Waals surface area contributed by atoms with E-state index in [1.54, 1.807) is 0 Å². The summed E-state index contributed by atoms with van der Waals surface area (Å²) in [6.07, 6.45) is 6.34. The molecule has 2 aliphatic heterocycles. The number of hydrogen-bond donors (Lipinski definition) is 4. The van der Waals surface area contributed by atoms with Gasteiger partial charge in [-0.1, -0.05) is 26.2 Å². The third-order valence-electron chi connectivity index (χ3n) is 6.68. The van der Waals surface area contributed by atoms with Crippen molar-refractivity contribution in [2.45, 2.75) is 88.6 Å². The lowest BCUT2D eigenvalue weighted by atomic mass is 9.84. The van der Waals surface area contributed by atoms with E-state index in [0.717, 1.165) is 43.4 Å². The molecule has 1 aliphatic carbocycles. The molecule has 0 aromatic heterocycles. The highest BCUT2D eigenvalue weighted by atomic mass is 16.6. The third-order valence-corrected chi connectivity index (χ3v) is 6.68. The number of urea groups is 1. The van der Waals surface area contributed by atoms with Crippen LogP contribution in [0.3, 0.4) is 0 Å². The average Bonchev–Trinajstić information content (AvgIpc) is 3.15. The van der Waals surface area contributed by atoms with Crippen LogP contribution in [0.4, 0.5) is 10.5 Å². The van der Waals surface area contributed by atoms with Crippen LogP contribution < -0.4 is 20.7 Å². The molecule has 8 heteroatoms. The van der Waals surface area contributed by atoms with Gasteiger partial charge in [0.1, 0.15) is 18.0 Å². The van der Waals surface area contributed by atoms with Crippen LogP contribution in [0.25, 0.3) is 0 Å². The van der Waals surface area contributed by atoms with E-state index < -0.39 is 6.10 Å². The Kier molecular flexibility index (Phi) is 7.52. The first-order valence-electron chi connectivity index (χ1n) is 12.0. The predicted molar refractivity (Wildman–Crippen MR) is 121 cm³/mol. The maximum absolute atomic E-state index is 12.5. The molecule has 0 spiro atoms. The van der Waals surface area contributed by atoms with Gasteiger partial charge in [-0.3, -0.25) is 4.79 Å². The molecule has 0 radical (unpaired) electrons. The lowest BCUT2D eigenvalue weighted by Crippen LogP contribution is -2.47. The van der Waals surface area contributed by atoms with Crippen LogP contribution in [-0.4, -0.2) is 54.6 Å². The van der Waals surface area contributed by atoms with Crippen molar-refractivity contribution in [1.29, 1.82) is 0 Å². The first-order valence-corrected chi connectivity index (χ1v) is 12.0. The number of carbonyl (C=O) groups excluding carboxylic acids is 2. The third kappa shape index (κ3) is 5.35. The molecule has 0 bridgehead atoms. The molecule has 4 N–H and O–H groups in total. The number of rotatable bonds is 7. The molecule has 3 aliphatic rings. The van der Waals surface area contributed by atoms with Gasteiger partial charge in [-0.05, 0) is 43.9 Å². The Bertz CT molecular complexity index is 811. The van der Waals surface area contributed by atoms with Gasteiger partial charge in [0.25, 0.3) is 0 Å². The van der Waals surface area contributed by atoms with Crippen molar-refractivity contribution in [1.82, 2.24) is 10.6 Å². The highest BCUT2D eigenvalue weighted by Crippen LogP contribution is 2.47. The van der Waals surface area contributed by atoms with Gasteiger partial charge in [0.2, 0.25) is 5.91 Å². The molecule has 1 saturated heterocycles. The fourth-order valence-electron chi connectivity index (χ4n) is 5.11. The number of fused-ring (bicyclic) bond motifs is 3. The topological polar surface area (TPSA) is 109 Å². The van der Waals surface area contributed by atoms with E-state index in [9.17, 15) is 14.7 Å². The van der Waals surface area contributed by atoms with Crippen LogP contribution >= 0.6 is 0 Å². The second-order valence-corrected chi connectivity index (χ2v) is 9.14. The Hall–Kier alpha value is -2.32. The van der Waals surface area contributed by atoms with Gasteiger partial charge in [-0.15, -0.1) is 0 Å². The molecule has 1 aromatic rings. The Balaban J connectivity index is 1.42. The van der Waals surface area contributed by atoms with Gasteiger partial charge in [0.15, 0.2) is 0 Å². The Labute approximate surface area is 189 Å². The van der Waals surface area contributed by atoms with Gasteiger partial charge >= 0.3 is 6.03 Å². The smallest absolute Gasteiger partial charge is 0.319 e. The SMILES string of the molecule is CCCNC(=O)C[C@@H]1C[C@@H]2c3cc(NC(=O)NC4CCCCC4)ccc3O[C@@H]2[C@@H](CO)O1. The zero-order chi connectivity index (χ0) is 22.5. The monoisotopic (exact) mass is 445 g/mol. The predicted octanol–water partition coefficient (Wildman–Crippen LogP) is 3.05. The fraction of sp³-hybridized carbons (Fsp3) is 0.667. The zero-order valence-electron chi connectivity index (χ0n) is 18.8. The summed E-state index contributed by atoms with van der Waals surface area (Å²) >= 11 is 0. The molecular formula is C24H35N3O5. The second kappa shape index (κ2) is 10.5. The van der Waals surface area contributed by atoms with Gasteiger partial charge in [-0.2, -0.15) is 0 Å². The molecule has 4 atom stereocenters. The zero-order valence-corrected chi connectivity index (χ0v) is 18.8. The van der Waals surface area contributed by atoms with Crippen LogP contribution in [-0.2, 0) is 9.53 Å². The van der Waals surface area contributed by atoms with Crippen molar-refractivity contribution < 1.29 is 24.2 Å². The molecule has 8 nitrogen and oxygen atoms in total. The summed E-state index contributed by atoms with van der Waals surface area (Å²) in [5, 5.41) is 18.8. The average molecular weight is 446 g/mol. The van der Waals surface area contributed by atoms with Crippen molar-refractivity contribution in [2.75, 3.05) is 18.5 Å². The normalized spacial score (nSPS) is 27.1. The number of nitrogens with one attached hydrogen (secondary N) is 3. The first kappa shape index (κ1) is 22.9. The molecule has 2 fully saturated rings. The molecule has 3 amide bonds. The van der Waals surface area contributed by atoms with Crippen molar-refractivity contribution in [3.05, 3.63) is 23.8 Å². The number of aliphatic hydroxyl groups is 1. The van der Waals surface area contributed by atoms with Gasteiger partial charge < -0.3 is 30.5 Å². The van der Waals surface area contributed by atoms with Gasteiger partial charge in [-0.25, -0.2) is 4.79 Å². The number of amides is 3. The van der Waals surface area contributed by atoms with Crippen LogP contribution in [0.2, 0.25) is 0 Å². The minimum Gasteiger partial charge on any atom is -0.487 e. The van der Waals surface area contributed by atoms with Crippen LogP contribution in [0, 0.1) is 0 Å². The number of ether oxygens (including phenoxy) is 2. The first-order chi connectivity index (χ1) is 15.6. The molecule has 2 heterocycles. The Morgan fingerprint density at radius 1 is 1.19 bits per heavy atom. The van der Waals surface area contributed by atoms with Gasteiger partial charge in [0.05, 0.1) is 19.1 Å². The van der Waals surface area contributed by atoms with E-state index in [4.69, 9.17) is 9.47 Å². The summed E-state index contributed by atoms with van der Waals surface area (Å²) < 4.78 is 12.1. The summed E-state index contributed by atoms with van der Waals surface area (Å²) in [6, 6.07) is 5.71. The van der Waals surface area contributed by atoms with Crippen LogP contribution in [0.15, 0.2) is 18.2 Å².